The summed E-state index contributed by atoms with van der Waals surface area (Å²) in [6.45, 7) is 11.6. The second-order valence-electron chi connectivity index (χ2n) is 5.99. The third kappa shape index (κ3) is 4.54. The topological polar surface area (TPSA) is 71.1 Å². The molecule has 0 N–H and O–H groups in total. The highest BCUT2D eigenvalue weighted by atomic mass is 16.7. The fourth-order valence-electron chi connectivity index (χ4n) is 3.15. The minimum absolute atomic E-state index is 0.146. The Hall–Kier alpha value is -1.66. The molecule has 0 aromatic carbocycles. The Bertz CT molecular complexity index is 492. The molecular weight excluding hydrogens is 336 g/mol. The summed E-state index contributed by atoms with van der Waals surface area (Å²) >= 11 is 0. The summed E-state index contributed by atoms with van der Waals surface area (Å²) in [5, 5.41) is 0. The summed E-state index contributed by atoms with van der Waals surface area (Å²) in [5.41, 5.74) is -1.18. The van der Waals surface area contributed by atoms with Crippen LogP contribution in [0.5, 0.6) is 0 Å². The van der Waals surface area contributed by atoms with Gasteiger partial charge in [0.1, 0.15) is 0 Å². The van der Waals surface area contributed by atoms with Gasteiger partial charge in [-0.15, -0.1) is 6.58 Å². The summed E-state index contributed by atoms with van der Waals surface area (Å²) in [6.07, 6.45) is 5.11. The Morgan fingerprint density at radius 1 is 1.12 bits per heavy atom. The second kappa shape index (κ2) is 11.1. The van der Waals surface area contributed by atoms with Gasteiger partial charge in [0.25, 0.3) is 0 Å². The third-order valence-electron chi connectivity index (χ3n) is 4.28. The molecular formula is C20H32O6. The molecule has 0 aromatic rings. The Morgan fingerprint density at radius 2 is 1.73 bits per heavy atom. The van der Waals surface area contributed by atoms with Gasteiger partial charge < -0.3 is 18.9 Å². The number of unbranched alkanes of at least 4 members (excludes halogenated alkanes) is 1. The largest absolute Gasteiger partial charge is 0.465 e. The number of carbonyl (C=O) groups is 2. The van der Waals surface area contributed by atoms with Gasteiger partial charge in [-0.1, -0.05) is 31.9 Å². The average Bonchev–Trinajstić information content (AvgIpc) is 2.93. The standard InChI is InChI=1S/C20H32O6/c1-6-11-13-15-16(14-12-7-2)26-19(25-10-5)20(15,17(21)23-8-3)18(22)24-9-4/h6,13,16,19H,1,7-12,14H2,2-5H3/b15-13+. The Labute approximate surface area is 156 Å². The Kier molecular flexibility index (Phi) is 9.59. The Balaban J connectivity index is 3.52. The maximum atomic E-state index is 13.0. The second-order valence-corrected chi connectivity index (χ2v) is 5.99. The van der Waals surface area contributed by atoms with E-state index in [1.807, 2.05) is 6.08 Å². The van der Waals surface area contributed by atoms with Crippen LogP contribution in [0.25, 0.3) is 0 Å². The molecule has 1 saturated heterocycles. The molecule has 1 fully saturated rings. The number of hydrogen-bond acceptors (Lipinski definition) is 6. The molecule has 2 unspecified atom stereocenters. The van der Waals surface area contributed by atoms with Gasteiger partial charge in [0, 0.05) is 6.61 Å². The maximum Gasteiger partial charge on any atom is 0.333 e. The fraction of sp³-hybridized carbons (Fsp3) is 0.700. The van der Waals surface area contributed by atoms with E-state index in [9.17, 15) is 9.59 Å². The number of allylic oxidation sites excluding steroid dienone is 2. The number of hydrogen-bond donors (Lipinski definition) is 0. The molecule has 26 heavy (non-hydrogen) atoms. The van der Waals surface area contributed by atoms with Crippen molar-refractivity contribution in [3.8, 4) is 0 Å². The molecule has 6 nitrogen and oxygen atoms in total. The van der Waals surface area contributed by atoms with Gasteiger partial charge in [0.05, 0.1) is 19.3 Å². The number of rotatable bonds is 11. The van der Waals surface area contributed by atoms with Crippen molar-refractivity contribution >= 4 is 11.9 Å². The fourth-order valence-corrected chi connectivity index (χ4v) is 3.15. The van der Waals surface area contributed by atoms with Crippen molar-refractivity contribution < 1.29 is 28.5 Å². The molecule has 0 spiro atoms. The van der Waals surface area contributed by atoms with Gasteiger partial charge >= 0.3 is 11.9 Å². The molecule has 0 amide bonds. The highest BCUT2D eigenvalue weighted by molar-refractivity contribution is 6.05. The lowest BCUT2D eigenvalue weighted by Crippen LogP contribution is -2.50. The van der Waals surface area contributed by atoms with Crippen molar-refractivity contribution in [3.05, 3.63) is 24.3 Å². The third-order valence-corrected chi connectivity index (χ3v) is 4.28. The first-order chi connectivity index (χ1) is 12.5. The number of carbonyl (C=O) groups excluding carboxylic acids is 2. The van der Waals surface area contributed by atoms with E-state index in [0.29, 0.717) is 25.0 Å². The van der Waals surface area contributed by atoms with Gasteiger partial charge in [0.2, 0.25) is 5.41 Å². The summed E-state index contributed by atoms with van der Waals surface area (Å²) in [7, 11) is 0. The molecule has 1 heterocycles. The van der Waals surface area contributed by atoms with Crippen LogP contribution in [0.15, 0.2) is 24.3 Å². The highest BCUT2D eigenvalue weighted by Gasteiger charge is 2.65. The lowest BCUT2D eigenvalue weighted by Gasteiger charge is -2.30. The molecule has 1 rings (SSSR count). The Morgan fingerprint density at radius 3 is 2.19 bits per heavy atom. The molecule has 0 aliphatic carbocycles. The van der Waals surface area contributed by atoms with Gasteiger partial charge in [-0.25, -0.2) is 0 Å². The molecule has 0 bridgehead atoms. The van der Waals surface area contributed by atoms with Crippen LogP contribution in [0.4, 0.5) is 0 Å². The number of esters is 2. The first-order valence-electron chi connectivity index (χ1n) is 9.47. The van der Waals surface area contributed by atoms with Crippen molar-refractivity contribution in [2.45, 2.75) is 65.8 Å². The van der Waals surface area contributed by atoms with Gasteiger partial charge in [-0.3, -0.25) is 9.59 Å². The lowest BCUT2D eigenvalue weighted by molar-refractivity contribution is -0.205. The van der Waals surface area contributed by atoms with Gasteiger partial charge in [-0.2, -0.15) is 0 Å². The molecule has 148 valence electrons. The van der Waals surface area contributed by atoms with Crippen molar-refractivity contribution in [1.29, 1.82) is 0 Å². The summed E-state index contributed by atoms with van der Waals surface area (Å²) in [6, 6.07) is 0. The minimum atomic E-state index is -1.73. The monoisotopic (exact) mass is 368 g/mol. The van der Waals surface area contributed by atoms with E-state index in [4.69, 9.17) is 18.9 Å². The van der Waals surface area contributed by atoms with E-state index < -0.39 is 29.7 Å². The van der Waals surface area contributed by atoms with E-state index in [1.54, 1.807) is 26.8 Å². The van der Waals surface area contributed by atoms with Crippen molar-refractivity contribution in [3.63, 3.8) is 0 Å². The van der Waals surface area contributed by atoms with Crippen molar-refractivity contribution in [1.82, 2.24) is 0 Å². The van der Waals surface area contributed by atoms with E-state index >= 15 is 0 Å². The zero-order chi connectivity index (χ0) is 19.6. The molecule has 0 radical (unpaired) electrons. The summed E-state index contributed by atoms with van der Waals surface area (Å²) < 4.78 is 22.3. The van der Waals surface area contributed by atoms with Crippen molar-refractivity contribution in [2.75, 3.05) is 19.8 Å². The highest BCUT2D eigenvalue weighted by Crippen LogP contribution is 2.48. The van der Waals surface area contributed by atoms with Crippen molar-refractivity contribution in [2.24, 2.45) is 5.41 Å². The van der Waals surface area contributed by atoms with Crippen LogP contribution in [0, 0.1) is 5.41 Å². The van der Waals surface area contributed by atoms with Crippen LogP contribution in [-0.4, -0.2) is 44.2 Å². The summed E-state index contributed by atoms with van der Waals surface area (Å²) in [5.74, 6) is -1.38. The first kappa shape index (κ1) is 22.4. The molecule has 1 aliphatic rings. The van der Waals surface area contributed by atoms with Crippen LogP contribution >= 0.6 is 0 Å². The molecule has 0 saturated carbocycles. The first-order valence-corrected chi connectivity index (χ1v) is 9.47. The molecule has 2 atom stereocenters. The molecule has 6 heteroatoms. The van der Waals surface area contributed by atoms with E-state index in [2.05, 4.69) is 13.5 Å². The van der Waals surface area contributed by atoms with E-state index in [-0.39, 0.29) is 13.2 Å². The SMILES string of the molecule is C=CC/C=C1\C(CCCC)OC(OCC)C1(C(=O)OCC)C(=O)OCC. The van der Waals surface area contributed by atoms with E-state index in [1.165, 1.54) is 0 Å². The summed E-state index contributed by atoms with van der Waals surface area (Å²) in [4.78, 5) is 26.0. The van der Waals surface area contributed by atoms with Crippen LogP contribution in [0.3, 0.4) is 0 Å². The average molecular weight is 368 g/mol. The van der Waals surface area contributed by atoms with Crippen LogP contribution in [-0.2, 0) is 28.5 Å². The zero-order valence-corrected chi connectivity index (χ0v) is 16.4. The predicted molar refractivity (Wildman–Crippen MR) is 98.4 cm³/mol. The smallest absolute Gasteiger partial charge is 0.333 e. The van der Waals surface area contributed by atoms with Gasteiger partial charge in [0.15, 0.2) is 6.29 Å². The normalized spacial score (nSPS) is 23.0. The van der Waals surface area contributed by atoms with E-state index in [0.717, 1.165) is 12.8 Å². The van der Waals surface area contributed by atoms with Crippen LogP contribution < -0.4 is 0 Å². The lowest BCUT2D eigenvalue weighted by atomic mass is 9.77. The maximum absolute atomic E-state index is 13.0. The minimum Gasteiger partial charge on any atom is -0.465 e. The van der Waals surface area contributed by atoms with Crippen LogP contribution in [0.1, 0.15) is 53.4 Å². The predicted octanol–water partition coefficient (Wildman–Crippen LogP) is 3.55. The quantitative estimate of drug-likeness (QED) is 0.315. The number of ether oxygens (including phenoxy) is 4. The zero-order valence-electron chi connectivity index (χ0n) is 16.4. The molecule has 1 aliphatic heterocycles. The molecule has 0 aromatic heterocycles. The van der Waals surface area contributed by atoms with Crippen LogP contribution in [0.2, 0.25) is 0 Å². The van der Waals surface area contributed by atoms with Gasteiger partial charge in [-0.05, 0) is 39.2 Å².